The van der Waals surface area contributed by atoms with Crippen molar-refractivity contribution in [2.75, 3.05) is 5.32 Å². The molecule has 0 spiro atoms. The molecule has 6 heteroatoms. The zero-order valence-electron chi connectivity index (χ0n) is 16.8. The third-order valence-electron chi connectivity index (χ3n) is 5.14. The van der Waals surface area contributed by atoms with Gasteiger partial charge in [-0.3, -0.25) is 9.89 Å². The fourth-order valence-corrected chi connectivity index (χ4v) is 3.60. The topological polar surface area (TPSA) is 83.6 Å². The highest BCUT2D eigenvalue weighted by molar-refractivity contribution is 6.01. The summed E-state index contributed by atoms with van der Waals surface area (Å²) in [5.41, 5.74) is 5.97. The fraction of sp³-hybridized carbons (Fsp3) is 0.0400. The van der Waals surface area contributed by atoms with Gasteiger partial charge in [-0.1, -0.05) is 60.7 Å². The summed E-state index contributed by atoms with van der Waals surface area (Å²) in [6, 6.07) is 25.8. The molecule has 0 atom stereocenters. The molecular formula is C25H19N5O. The first kappa shape index (κ1) is 18.7. The maximum Gasteiger partial charge on any atom is 0.186 e. The van der Waals surface area contributed by atoms with Gasteiger partial charge in [-0.2, -0.15) is 5.10 Å². The molecule has 2 heterocycles. The number of nitrogens with one attached hydrogen (secondary N) is 2. The second kappa shape index (κ2) is 7.84. The van der Waals surface area contributed by atoms with Crippen LogP contribution in [-0.2, 0) is 0 Å². The Hall–Kier alpha value is -4.32. The highest BCUT2D eigenvalue weighted by Gasteiger charge is 2.15. The Kier molecular flexibility index (Phi) is 4.72. The van der Waals surface area contributed by atoms with Gasteiger partial charge in [-0.05, 0) is 36.2 Å². The predicted molar refractivity (Wildman–Crippen MR) is 122 cm³/mol. The Morgan fingerprint density at radius 3 is 2.45 bits per heavy atom. The summed E-state index contributed by atoms with van der Waals surface area (Å²) >= 11 is 0. The van der Waals surface area contributed by atoms with Crippen LogP contribution in [-0.4, -0.2) is 25.9 Å². The minimum absolute atomic E-state index is 0.0120. The van der Waals surface area contributed by atoms with E-state index in [2.05, 4.69) is 49.7 Å². The lowest BCUT2D eigenvalue weighted by Crippen LogP contribution is -1.97. The zero-order valence-corrected chi connectivity index (χ0v) is 16.8. The van der Waals surface area contributed by atoms with Gasteiger partial charge in [0.1, 0.15) is 12.1 Å². The summed E-state index contributed by atoms with van der Waals surface area (Å²) in [6.07, 6.45) is 1.49. The van der Waals surface area contributed by atoms with Gasteiger partial charge >= 0.3 is 0 Å². The molecule has 0 aliphatic heterocycles. The SMILES string of the molecule is CC(=O)c1cccc(-c2[nH]nc3ncnc(Nc4cccc(-c5ccccc5)c4)c23)c1. The molecular weight excluding hydrogens is 386 g/mol. The number of H-pyrrole nitrogens is 1. The molecule has 3 aromatic carbocycles. The number of aromatic nitrogens is 4. The molecule has 0 saturated heterocycles. The Bertz CT molecular complexity index is 1390. The van der Waals surface area contributed by atoms with Crippen molar-refractivity contribution in [3.63, 3.8) is 0 Å². The van der Waals surface area contributed by atoms with Gasteiger partial charge in [0.2, 0.25) is 0 Å². The molecule has 0 aliphatic carbocycles. The monoisotopic (exact) mass is 405 g/mol. The van der Waals surface area contributed by atoms with Crippen molar-refractivity contribution >= 4 is 28.3 Å². The van der Waals surface area contributed by atoms with E-state index < -0.39 is 0 Å². The second-order valence-electron chi connectivity index (χ2n) is 7.23. The first-order chi connectivity index (χ1) is 15.2. The van der Waals surface area contributed by atoms with Crippen LogP contribution in [0.4, 0.5) is 11.5 Å². The summed E-state index contributed by atoms with van der Waals surface area (Å²) in [6.45, 7) is 1.56. The van der Waals surface area contributed by atoms with E-state index in [-0.39, 0.29) is 5.78 Å². The van der Waals surface area contributed by atoms with Crippen LogP contribution in [0.25, 0.3) is 33.4 Å². The fourth-order valence-electron chi connectivity index (χ4n) is 3.60. The number of carbonyl (C=O) groups is 1. The average molecular weight is 405 g/mol. The van der Waals surface area contributed by atoms with Crippen LogP contribution >= 0.6 is 0 Å². The Morgan fingerprint density at radius 1 is 0.839 bits per heavy atom. The van der Waals surface area contributed by atoms with Gasteiger partial charge in [-0.15, -0.1) is 0 Å². The van der Waals surface area contributed by atoms with Crippen LogP contribution in [0.1, 0.15) is 17.3 Å². The third kappa shape index (κ3) is 3.67. The van der Waals surface area contributed by atoms with Crippen molar-refractivity contribution in [1.29, 1.82) is 0 Å². The number of ketones is 1. The largest absolute Gasteiger partial charge is 0.339 e. The lowest BCUT2D eigenvalue weighted by Gasteiger charge is -2.10. The van der Waals surface area contributed by atoms with E-state index in [9.17, 15) is 4.79 Å². The molecule has 5 rings (SSSR count). The van der Waals surface area contributed by atoms with Crippen molar-refractivity contribution < 1.29 is 4.79 Å². The number of rotatable bonds is 5. The molecule has 0 amide bonds. The molecule has 5 aromatic rings. The van der Waals surface area contributed by atoms with Crippen molar-refractivity contribution in [3.05, 3.63) is 90.8 Å². The maximum atomic E-state index is 11.8. The first-order valence-corrected chi connectivity index (χ1v) is 9.92. The lowest BCUT2D eigenvalue weighted by atomic mass is 10.0. The number of benzene rings is 3. The van der Waals surface area contributed by atoms with Crippen LogP contribution in [0.2, 0.25) is 0 Å². The van der Waals surface area contributed by atoms with E-state index in [4.69, 9.17) is 0 Å². The van der Waals surface area contributed by atoms with Gasteiger partial charge in [0.15, 0.2) is 11.4 Å². The smallest absolute Gasteiger partial charge is 0.186 e. The number of anilines is 2. The number of Topliss-reactive ketones (excluding diaryl/α,β-unsaturated/α-hetero) is 1. The van der Waals surface area contributed by atoms with Gasteiger partial charge < -0.3 is 5.32 Å². The highest BCUT2D eigenvalue weighted by atomic mass is 16.1. The van der Waals surface area contributed by atoms with E-state index in [1.165, 1.54) is 6.33 Å². The summed E-state index contributed by atoms with van der Waals surface area (Å²) in [4.78, 5) is 20.6. The van der Waals surface area contributed by atoms with E-state index in [0.29, 0.717) is 17.0 Å². The number of fused-ring (bicyclic) bond motifs is 1. The quantitative estimate of drug-likeness (QED) is 0.370. The van der Waals surface area contributed by atoms with E-state index in [1.807, 2.05) is 48.5 Å². The van der Waals surface area contributed by atoms with Crippen molar-refractivity contribution in [2.45, 2.75) is 6.92 Å². The van der Waals surface area contributed by atoms with Crippen LogP contribution < -0.4 is 5.32 Å². The molecule has 31 heavy (non-hydrogen) atoms. The standard InChI is InChI=1S/C25H19N5O/c1-16(31)18-9-5-11-20(13-18)23-22-24(26-15-27-25(22)30-29-23)28-21-12-6-10-19(14-21)17-7-3-2-4-8-17/h2-15H,1H3,(H2,26,27,28,29,30). The normalized spacial score (nSPS) is 10.9. The Labute approximate surface area is 179 Å². The van der Waals surface area contributed by atoms with Crippen molar-refractivity contribution in [2.24, 2.45) is 0 Å². The Balaban J connectivity index is 1.57. The highest BCUT2D eigenvalue weighted by Crippen LogP contribution is 2.32. The van der Waals surface area contributed by atoms with Gasteiger partial charge in [-0.25, -0.2) is 9.97 Å². The molecule has 2 aromatic heterocycles. The number of aromatic amines is 1. The average Bonchev–Trinajstić information content (AvgIpc) is 3.25. The second-order valence-corrected chi connectivity index (χ2v) is 7.23. The van der Waals surface area contributed by atoms with Crippen LogP contribution in [0.3, 0.4) is 0 Å². The van der Waals surface area contributed by atoms with E-state index in [1.54, 1.807) is 13.0 Å². The summed E-state index contributed by atoms with van der Waals surface area (Å²) < 4.78 is 0. The number of nitrogens with zero attached hydrogens (tertiary/aromatic N) is 3. The van der Waals surface area contributed by atoms with E-state index in [0.717, 1.165) is 33.5 Å². The van der Waals surface area contributed by atoms with Crippen molar-refractivity contribution in [1.82, 2.24) is 20.2 Å². The first-order valence-electron chi connectivity index (χ1n) is 9.92. The van der Waals surface area contributed by atoms with Crippen LogP contribution in [0, 0.1) is 0 Å². The third-order valence-corrected chi connectivity index (χ3v) is 5.14. The molecule has 0 aliphatic rings. The minimum Gasteiger partial charge on any atom is -0.339 e. The number of carbonyl (C=O) groups excluding carboxylic acids is 1. The summed E-state index contributed by atoms with van der Waals surface area (Å²) in [7, 11) is 0. The molecule has 0 bridgehead atoms. The van der Waals surface area contributed by atoms with Gasteiger partial charge in [0.25, 0.3) is 0 Å². The number of hydrogen-bond donors (Lipinski definition) is 2. The minimum atomic E-state index is 0.0120. The molecule has 6 nitrogen and oxygen atoms in total. The molecule has 0 fully saturated rings. The molecule has 0 radical (unpaired) electrons. The lowest BCUT2D eigenvalue weighted by molar-refractivity contribution is 0.101. The zero-order chi connectivity index (χ0) is 21.2. The Morgan fingerprint density at radius 2 is 1.61 bits per heavy atom. The molecule has 2 N–H and O–H groups in total. The summed E-state index contributed by atoms with van der Waals surface area (Å²) in [5, 5.41) is 11.6. The maximum absolute atomic E-state index is 11.8. The molecule has 0 saturated carbocycles. The van der Waals surface area contributed by atoms with Crippen molar-refractivity contribution in [3.8, 4) is 22.4 Å². The number of hydrogen-bond acceptors (Lipinski definition) is 5. The van der Waals surface area contributed by atoms with E-state index >= 15 is 0 Å². The summed E-state index contributed by atoms with van der Waals surface area (Å²) in [5.74, 6) is 0.658. The van der Waals surface area contributed by atoms with Gasteiger partial charge in [0.05, 0.1) is 11.1 Å². The predicted octanol–water partition coefficient (Wildman–Crippen LogP) is 5.63. The van der Waals surface area contributed by atoms with Gasteiger partial charge in [0, 0.05) is 16.8 Å². The van der Waals surface area contributed by atoms with Crippen LogP contribution in [0.15, 0.2) is 85.2 Å². The molecule has 150 valence electrons. The van der Waals surface area contributed by atoms with Crippen LogP contribution in [0.5, 0.6) is 0 Å². The molecule has 0 unspecified atom stereocenters.